The lowest BCUT2D eigenvalue weighted by Gasteiger charge is -2.14. The second kappa shape index (κ2) is 9.27. The van der Waals surface area contributed by atoms with Crippen molar-refractivity contribution in [1.29, 1.82) is 0 Å². The highest BCUT2D eigenvalue weighted by molar-refractivity contribution is 5.81. The quantitative estimate of drug-likeness (QED) is 0.460. The number of carbonyl (C=O) groups excluding carboxylic acids is 1. The van der Waals surface area contributed by atoms with E-state index in [1.807, 2.05) is 30.3 Å². The van der Waals surface area contributed by atoms with Crippen LogP contribution in [0, 0.1) is 0 Å². The molecule has 5 rings (SSSR count). The number of nitrogens with one attached hydrogen (secondary N) is 1. The van der Waals surface area contributed by atoms with Gasteiger partial charge in [0, 0.05) is 6.54 Å². The summed E-state index contributed by atoms with van der Waals surface area (Å²) in [5, 5.41) is 3.24. The highest BCUT2D eigenvalue weighted by atomic mass is 16.7. The lowest BCUT2D eigenvalue weighted by molar-refractivity contribution is -0.121. The Morgan fingerprint density at radius 3 is 2.47 bits per heavy atom. The zero-order valence-corrected chi connectivity index (χ0v) is 18.4. The summed E-state index contributed by atoms with van der Waals surface area (Å²) in [6, 6.07) is 22.0. The number of hydrogen-bond acceptors (Lipinski definition) is 5. The van der Waals surface area contributed by atoms with Crippen molar-refractivity contribution in [2.24, 2.45) is 0 Å². The predicted octanol–water partition coefficient (Wildman–Crippen LogP) is 2.30. The number of hydrogen-bond donors (Lipinski definition) is 1. The molecule has 0 saturated heterocycles. The van der Waals surface area contributed by atoms with E-state index in [0.29, 0.717) is 35.4 Å². The van der Waals surface area contributed by atoms with Crippen molar-refractivity contribution in [3.63, 3.8) is 0 Å². The van der Waals surface area contributed by atoms with Gasteiger partial charge in [0.2, 0.25) is 12.7 Å². The molecule has 0 unspecified atom stereocenters. The van der Waals surface area contributed by atoms with Crippen molar-refractivity contribution in [2.75, 3.05) is 13.3 Å². The Morgan fingerprint density at radius 1 is 0.853 bits per heavy atom. The second-order valence-corrected chi connectivity index (χ2v) is 8.05. The molecule has 34 heavy (non-hydrogen) atoms. The maximum absolute atomic E-state index is 13.4. The van der Waals surface area contributed by atoms with Crippen molar-refractivity contribution >= 4 is 16.8 Å². The van der Waals surface area contributed by atoms with E-state index in [2.05, 4.69) is 5.32 Å². The highest BCUT2D eigenvalue weighted by Crippen LogP contribution is 2.32. The first-order valence-electron chi connectivity index (χ1n) is 11.0. The van der Waals surface area contributed by atoms with E-state index in [9.17, 15) is 14.4 Å². The molecule has 0 spiro atoms. The number of rotatable bonds is 7. The van der Waals surface area contributed by atoms with Gasteiger partial charge < -0.3 is 14.8 Å². The lowest BCUT2D eigenvalue weighted by atomic mass is 10.1. The molecule has 1 aromatic heterocycles. The van der Waals surface area contributed by atoms with Crippen molar-refractivity contribution in [3.05, 3.63) is 105 Å². The Labute approximate surface area is 195 Å². The number of benzene rings is 3. The molecule has 1 amide bonds. The Kier molecular flexibility index (Phi) is 5.86. The fraction of sp³-hybridized carbons (Fsp3) is 0.192. The number of para-hydroxylation sites is 1. The molecule has 1 aliphatic rings. The van der Waals surface area contributed by atoms with Gasteiger partial charge in [-0.2, -0.15) is 0 Å². The minimum absolute atomic E-state index is 0.0504. The summed E-state index contributed by atoms with van der Waals surface area (Å²) in [6.07, 6.45) is 0.686. The zero-order chi connectivity index (χ0) is 23.5. The van der Waals surface area contributed by atoms with Gasteiger partial charge in [0.1, 0.15) is 6.54 Å². The maximum atomic E-state index is 13.4. The number of fused-ring (bicyclic) bond motifs is 2. The largest absolute Gasteiger partial charge is 0.454 e. The van der Waals surface area contributed by atoms with Crippen LogP contribution in [0.4, 0.5) is 0 Å². The summed E-state index contributed by atoms with van der Waals surface area (Å²) < 4.78 is 13.2. The molecule has 3 aromatic carbocycles. The fourth-order valence-corrected chi connectivity index (χ4v) is 4.08. The molecule has 0 radical (unpaired) electrons. The predicted molar refractivity (Wildman–Crippen MR) is 127 cm³/mol. The van der Waals surface area contributed by atoms with Gasteiger partial charge in [-0.15, -0.1) is 0 Å². The van der Waals surface area contributed by atoms with E-state index in [-0.39, 0.29) is 25.8 Å². The second-order valence-electron chi connectivity index (χ2n) is 8.05. The molecule has 0 saturated carbocycles. The molecule has 1 N–H and O–H groups in total. The molecular formula is C26H23N3O5. The average molecular weight is 457 g/mol. The number of ether oxygens (including phenoxy) is 2. The summed E-state index contributed by atoms with van der Waals surface area (Å²) in [6.45, 7) is 0.456. The third-order valence-corrected chi connectivity index (χ3v) is 5.79. The highest BCUT2D eigenvalue weighted by Gasteiger charge is 2.17. The molecule has 0 aliphatic carbocycles. The first-order valence-corrected chi connectivity index (χ1v) is 11.0. The van der Waals surface area contributed by atoms with Crippen LogP contribution in [0.25, 0.3) is 10.9 Å². The smallest absolute Gasteiger partial charge is 0.332 e. The van der Waals surface area contributed by atoms with E-state index in [1.54, 1.807) is 42.5 Å². The van der Waals surface area contributed by atoms with Gasteiger partial charge in [-0.1, -0.05) is 48.5 Å². The Morgan fingerprint density at radius 2 is 1.62 bits per heavy atom. The summed E-state index contributed by atoms with van der Waals surface area (Å²) in [5.41, 5.74) is 1.32. The van der Waals surface area contributed by atoms with E-state index in [1.165, 1.54) is 4.57 Å². The van der Waals surface area contributed by atoms with Crippen LogP contribution < -0.4 is 26.0 Å². The molecule has 8 heteroatoms. The molecule has 0 atom stereocenters. The summed E-state index contributed by atoms with van der Waals surface area (Å²) in [4.78, 5) is 39.2. The zero-order valence-electron chi connectivity index (χ0n) is 18.4. The summed E-state index contributed by atoms with van der Waals surface area (Å²) in [7, 11) is 0. The van der Waals surface area contributed by atoms with Crippen LogP contribution in [-0.4, -0.2) is 28.4 Å². The number of nitrogens with zero attached hydrogens (tertiary/aromatic N) is 2. The molecular weight excluding hydrogens is 434 g/mol. The van der Waals surface area contributed by atoms with E-state index in [0.717, 1.165) is 15.7 Å². The molecule has 172 valence electrons. The third kappa shape index (κ3) is 4.30. The Hall–Kier alpha value is -4.33. The van der Waals surface area contributed by atoms with Gasteiger partial charge in [-0.05, 0) is 41.8 Å². The molecule has 4 aromatic rings. The normalized spacial score (nSPS) is 12.1. The summed E-state index contributed by atoms with van der Waals surface area (Å²) >= 11 is 0. The van der Waals surface area contributed by atoms with Gasteiger partial charge in [0.15, 0.2) is 11.5 Å². The van der Waals surface area contributed by atoms with Crippen LogP contribution in [0.1, 0.15) is 11.1 Å². The van der Waals surface area contributed by atoms with E-state index >= 15 is 0 Å². The van der Waals surface area contributed by atoms with Crippen molar-refractivity contribution in [2.45, 2.75) is 19.5 Å². The molecule has 1 aliphatic heterocycles. The van der Waals surface area contributed by atoms with Crippen LogP contribution in [0.15, 0.2) is 82.4 Å². The van der Waals surface area contributed by atoms with Gasteiger partial charge in [0.25, 0.3) is 5.56 Å². The number of amides is 1. The third-order valence-electron chi connectivity index (χ3n) is 5.79. The molecule has 0 fully saturated rings. The lowest BCUT2D eigenvalue weighted by Crippen LogP contribution is -2.43. The standard InChI is InChI=1S/C26H23N3O5/c30-24(27-13-12-18-6-2-1-3-7-18)16-28-21-9-5-4-8-20(21)25(31)29(26(28)32)15-19-10-11-22-23(14-19)34-17-33-22/h1-11,14H,12-13,15-17H2,(H,27,30). The van der Waals surface area contributed by atoms with Gasteiger partial charge in [-0.25, -0.2) is 4.79 Å². The SMILES string of the molecule is O=C(Cn1c(=O)n(Cc2ccc3c(c2)OCO3)c(=O)c2ccccc21)NCCc1ccccc1. The van der Waals surface area contributed by atoms with Gasteiger partial charge >= 0.3 is 5.69 Å². The van der Waals surface area contributed by atoms with E-state index in [4.69, 9.17) is 9.47 Å². The fourth-order valence-electron chi connectivity index (χ4n) is 4.08. The Bertz CT molecular complexity index is 1470. The van der Waals surface area contributed by atoms with Crippen LogP contribution in [0.3, 0.4) is 0 Å². The maximum Gasteiger partial charge on any atom is 0.332 e. The van der Waals surface area contributed by atoms with Gasteiger partial charge in [-0.3, -0.25) is 18.7 Å². The number of aromatic nitrogens is 2. The summed E-state index contributed by atoms with van der Waals surface area (Å²) in [5.74, 6) is 0.903. The molecule has 8 nitrogen and oxygen atoms in total. The van der Waals surface area contributed by atoms with Crippen LogP contribution in [-0.2, 0) is 24.3 Å². The topological polar surface area (TPSA) is 91.6 Å². The van der Waals surface area contributed by atoms with Gasteiger partial charge in [0.05, 0.1) is 17.4 Å². The van der Waals surface area contributed by atoms with Crippen LogP contribution in [0.5, 0.6) is 11.5 Å². The monoisotopic (exact) mass is 457 g/mol. The molecule has 2 heterocycles. The van der Waals surface area contributed by atoms with Crippen molar-refractivity contribution in [3.8, 4) is 11.5 Å². The minimum Gasteiger partial charge on any atom is -0.454 e. The average Bonchev–Trinajstić information content (AvgIpc) is 3.33. The Balaban J connectivity index is 1.42. The first-order chi connectivity index (χ1) is 16.6. The molecule has 0 bridgehead atoms. The van der Waals surface area contributed by atoms with Crippen LogP contribution in [0.2, 0.25) is 0 Å². The van der Waals surface area contributed by atoms with Crippen molar-refractivity contribution < 1.29 is 14.3 Å². The van der Waals surface area contributed by atoms with Crippen molar-refractivity contribution in [1.82, 2.24) is 14.5 Å². The first kappa shape index (κ1) is 21.5. The minimum atomic E-state index is -0.542. The van der Waals surface area contributed by atoms with Crippen LogP contribution >= 0.6 is 0 Å². The van der Waals surface area contributed by atoms with E-state index < -0.39 is 11.2 Å². The number of carbonyl (C=O) groups is 1.